The average Bonchev–Trinajstić information content (AvgIpc) is 2.84. The quantitative estimate of drug-likeness (QED) is 0.734. The summed E-state index contributed by atoms with van der Waals surface area (Å²) in [5.41, 5.74) is 0.453. The molecule has 2 amide bonds. The van der Waals surface area contributed by atoms with Crippen LogP contribution in [0.5, 0.6) is 0 Å². The molecule has 1 saturated carbocycles. The van der Waals surface area contributed by atoms with Crippen LogP contribution in [0, 0.1) is 5.92 Å². The van der Waals surface area contributed by atoms with Crippen LogP contribution in [0.15, 0.2) is 29.2 Å². The Morgan fingerprint density at radius 3 is 2.17 bits per heavy atom. The summed E-state index contributed by atoms with van der Waals surface area (Å²) in [6, 6.07) is 6.71. The van der Waals surface area contributed by atoms with Gasteiger partial charge in [-0.15, -0.1) is 0 Å². The van der Waals surface area contributed by atoms with Gasteiger partial charge in [0.25, 0.3) is 5.91 Å². The van der Waals surface area contributed by atoms with Gasteiger partial charge in [-0.2, -0.15) is 0 Å². The Bertz CT molecular complexity index is 874. The van der Waals surface area contributed by atoms with Crippen LogP contribution < -0.4 is 0 Å². The minimum absolute atomic E-state index is 0.121. The van der Waals surface area contributed by atoms with Gasteiger partial charge in [0, 0.05) is 57.1 Å². The molecule has 3 aliphatic rings. The normalized spacial score (nSPS) is 22.0. The molecule has 4 rings (SSSR count). The van der Waals surface area contributed by atoms with E-state index in [1.165, 1.54) is 43.5 Å². The lowest BCUT2D eigenvalue weighted by molar-refractivity contribution is -0.139. The Kier molecular flexibility index (Phi) is 5.66. The molecule has 2 aliphatic heterocycles. The number of benzene rings is 1. The summed E-state index contributed by atoms with van der Waals surface area (Å²) in [6.07, 6.45) is 6.07. The number of nitrogens with zero attached hydrogens (tertiary/aromatic N) is 3. The first-order valence-corrected chi connectivity index (χ1v) is 12.3. The van der Waals surface area contributed by atoms with Gasteiger partial charge in [0.15, 0.2) is 9.84 Å². The lowest BCUT2D eigenvalue weighted by Gasteiger charge is -2.40. The van der Waals surface area contributed by atoms with Crippen molar-refractivity contribution >= 4 is 21.7 Å². The minimum atomic E-state index is -3.28. The van der Waals surface area contributed by atoms with Gasteiger partial charge in [-0.3, -0.25) is 14.5 Å². The Morgan fingerprint density at radius 1 is 0.897 bits per heavy atom. The SMILES string of the molecule is CS(=O)(=O)c1ccc(C(=O)N2CC(C(=O)N3CCCN(C4CCC4)CC3)C2)cc1. The van der Waals surface area contributed by atoms with Crippen LogP contribution in [0.4, 0.5) is 0 Å². The summed E-state index contributed by atoms with van der Waals surface area (Å²) in [7, 11) is -3.28. The van der Waals surface area contributed by atoms with Gasteiger partial charge >= 0.3 is 0 Å². The third kappa shape index (κ3) is 4.33. The second kappa shape index (κ2) is 8.07. The molecule has 0 aromatic heterocycles. The summed E-state index contributed by atoms with van der Waals surface area (Å²) >= 11 is 0. The predicted molar refractivity (Wildman–Crippen MR) is 109 cm³/mol. The number of carbonyl (C=O) groups is 2. The molecule has 1 aromatic carbocycles. The van der Waals surface area contributed by atoms with E-state index < -0.39 is 9.84 Å². The smallest absolute Gasteiger partial charge is 0.253 e. The first-order chi connectivity index (χ1) is 13.8. The number of likely N-dealkylation sites (tertiary alicyclic amines) is 1. The minimum Gasteiger partial charge on any atom is -0.341 e. The number of sulfone groups is 1. The zero-order valence-corrected chi connectivity index (χ0v) is 17.7. The van der Waals surface area contributed by atoms with Crippen LogP contribution in [0.1, 0.15) is 36.0 Å². The number of rotatable bonds is 4. The number of carbonyl (C=O) groups excluding carboxylic acids is 2. The maximum absolute atomic E-state index is 12.9. The molecule has 3 fully saturated rings. The lowest BCUT2D eigenvalue weighted by atomic mass is 9.91. The molecule has 2 heterocycles. The highest BCUT2D eigenvalue weighted by molar-refractivity contribution is 7.90. The molecule has 7 nitrogen and oxygen atoms in total. The summed E-state index contributed by atoms with van der Waals surface area (Å²) in [6.45, 7) is 4.50. The van der Waals surface area contributed by atoms with Crippen molar-refractivity contribution < 1.29 is 18.0 Å². The lowest BCUT2D eigenvalue weighted by Crippen LogP contribution is -2.56. The van der Waals surface area contributed by atoms with E-state index in [1.807, 2.05) is 4.90 Å². The molecule has 0 spiro atoms. The van der Waals surface area contributed by atoms with Crippen molar-refractivity contribution in [2.45, 2.75) is 36.6 Å². The molecule has 2 saturated heterocycles. The van der Waals surface area contributed by atoms with Gasteiger partial charge in [-0.05, 0) is 43.5 Å². The molecule has 0 atom stereocenters. The van der Waals surface area contributed by atoms with Crippen LogP contribution >= 0.6 is 0 Å². The van der Waals surface area contributed by atoms with Crippen LogP contribution in [-0.4, -0.2) is 86.5 Å². The van der Waals surface area contributed by atoms with Gasteiger partial charge in [-0.1, -0.05) is 6.42 Å². The molecular weight excluding hydrogens is 390 g/mol. The van der Waals surface area contributed by atoms with E-state index in [0.717, 1.165) is 44.9 Å². The largest absolute Gasteiger partial charge is 0.341 e. The van der Waals surface area contributed by atoms with Crippen LogP contribution in [0.25, 0.3) is 0 Å². The van der Waals surface area contributed by atoms with E-state index >= 15 is 0 Å². The predicted octanol–water partition coefficient (Wildman–Crippen LogP) is 1.25. The average molecular weight is 420 g/mol. The molecule has 1 aliphatic carbocycles. The maximum atomic E-state index is 12.9. The first-order valence-electron chi connectivity index (χ1n) is 10.4. The van der Waals surface area contributed by atoms with E-state index in [4.69, 9.17) is 0 Å². The maximum Gasteiger partial charge on any atom is 0.253 e. The van der Waals surface area contributed by atoms with Gasteiger partial charge < -0.3 is 9.80 Å². The van der Waals surface area contributed by atoms with Gasteiger partial charge in [0.2, 0.25) is 5.91 Å². The number of amides is 2. The standard InChI is InChI=1S/C21H29N3O4S/c1-29(27,28)19-8-6-16(7-9-19)20(25)24-14-17(15-24)21(26)23-11-3-10-22(12-13-23)18-4-2-5-18/h6-9,17-18H,2-5,10-15H2,1H3. The van der Waals surface area contributed by atoms with Crippen LogP contribution in [0.3, 0.4) is 0 Å². The summed E-state index contributed by atoms with van der Waals surface area (Å²) in [5.74, 6) is -0.109. The molecule has 0 N–H and O–H groups in total. The third-order valence-corrected chi connectivity index (χ3v) is 7.61. The highest BCUT2D eigenvalue weighted by atomic mass is 32.2. The fraction of sp³-hybridized carbons (Fsp3) is 0.619. The Labute approximate surface area is 172 Å². The zero-order valence-electron chi connectivity index (χ0n) is 16.9. The molecule has 0 bridgehead atoms. The summed E-state index contributed by atoms with van der Waals surface area (Å²) in [4.78, 5) is 31.8. The fourth-order valence-corrected chi connectivity index (χ4v) is 4.99. The van der Waals surface area contributed by atoms with Crippen molar-refractivity contribution in [1.29, 1.82) is 0 Å². The van der Waals surface area contributed by atoms with E-state index in [0.29, 0.717) is 18.7 Å². The molecular formula is C21H29N3O4S. The van der Waals surface area contributed by atoms with E-state index in [-0.39, 0.29) is 22.6 Å². The molecule has 8 heteroatoms. The zero-order chi connectivity index (χ0) is 20.6. The van der Waals surface area contributed by atoms with E-state index in [2.05, 4.69) is 4.90 Å². The Balaban J connectivity index is 1.28. The molecule has 1 aromatic rings. The summed E-state index contributed by atoms with van der Waals surface area (Å²) < 4.78 is 23.1. The van der Waals surface area contributed by atoms with Crippen molar-refractivity contribution in [2.75, 3.05) is 45.5 Å². The van der Waals surface area contributed by atoms with E-state index in [9.17, 15) is 18.0 Å². The molecule has 29 heavy (non-hydrogen) atoms. The first kappa shape index (κ1) is 20.3. The Hall–Kier alpha value is -1.93. The highest BCUT2D eigenvalue weighted by Crippen LogP contribution is 2.27. The van der Waals surface area contributed by atoms with E-state index in [1.54, 1.807) is 4.90 Å². The monoisotopic (exact) mass is 419 g/mol. The number of hydrogen-bond acceptors (Lipinski definition) is 5. The van der Waals surface area contributed by atoms with Crippen molar-refractivity contribution in [3.63, 3.8) is 0 Å². The summed E-state index contributed by atoms with van der Waals surface area (Å²) in [5, 5.41) is 0. The Morgan fingerprint density at radius 2 is 1.59 bits per heavy atom. The van der Waals surface area contributed by atoms with Crippen molar-refractivity contribution in [3.8, 4) is 0 Å². The van der Waals surface area contributed by atoms with Gasteiger partial charge in [-0.25, -0.2) is 8.42 Å². The van der Waals surface area contributed by atoms with Crippen molar-refractivity contribution in [1.82, 2.24) is 14.7 Å². The van der Waals surface area contributed by atoms with Crippen LogP contribution in [-0.2, 0) is 14.6 Å². The van der Waals surface area contributed by atoms with Crippen LogP contribution in [0.2, 0.25) is 0 Å². The molecule has 0 unspecified atom stereocenters. The topological polar surface area (TPSA) is 78.0 Å². The van der Waals surface area contributed by atoms with Gasteiger partial charge in [0.1, 0.15) is 0 Å². The molecule has 158 valence electrons. The second-order valence-electron chi connectivity index (χ2n) is 8.50. The fourth-order valence-electron chi connectivity index (χ4n) is 4.36. The van der Waals surface area contributed by atoms with Crippen molar-refractivity contribution in [2.24, 2.45) is 5.92 Å². The van der Waals surface area contributed by atoms with Gasteiger partial charge in [0.05, 0.1) is 10.8 Å². The second-order valence-corrected chi connectivity index (χ2v) is 10.5. The number of hydrogen-bond donors (Lipinski definition) is 0. The third-order valence-electron chi connectivity index (χ3n) is 6.48. The van der Waals surface area contributed by atoms with Crippen molar-refractivity contribution in [3.05, 3.63) is 29.8 Å². The highest BCUT2D eigenvalue weighted by Gasteiger charge is 2.39. The molecule has 0 radical (unpaired) electrons.